The number of rotatable bonds is 0. The molecule has 2 fully saturated rings. The zero-order valence-electron chi connectivity index (χ0n) is 8.61. The van der Waals surface area contributed by atoms with E-state index in [2.05, 4.69) is 11.9 Å². The van der Waals surface area contributed by atoms with Gasteiger partial charge < -0.3 is 0 Å². The van der Waals surface area contributed by atoms with E-state index in [0.29, 0.717) is 12.3 Å². The van der Waals surface area contributed by atoms with E-state index < -0.39 is 12.2 Å². The summed E-state index contributed by atoms with van der Waals surface area (Å²) in [5.74, 6) is 0.379. The van der Waals surface area contributed by atoms with Crippen molar-refractivity contribution in [3.63, 3.8) is 0 Å². The van der Waals surface area contributed by atoms with E-state index in [-0.39, 0.29) is 12.5 Å². The van der Waals surface area contributed by atoms with Gasteiger partial charge in [0.25, 0.3) is 0 Å². The van der Waals surface area contributed by atoms with Crippen LogP contribution in [0.3, 0.4) is 0 Å². The number of alkyl halides is 3. The Morgan fingerprint density at radius 2 is 1.93 bits per heavy atom. The van der Waals surface area contributed by atoms with Crippen molar-refractivity contribution in [2.75, 3.05) is 0 Å². The third-order valence-electron chi connectivity index (χ3n) is 3.59. The Morgan fingerprint density at radius 1 is 1.20 bits per heavy atom. The summed E-state index contributed by atoms with van der Waals surface area (Å²) in [5, 5.41) is 2.72. The third kappa shape index (κ3) is 2.19. The summed E-state index contributed by atoms with van der Waals surface area (Å²) in [5.41, 5.74) is 0.959. The molecule has 0 aromatic carbocycles. The molecular formula is C11H16F3N. The van der Waals surface area contributed by atoms with Gasteiger partial charge in [-0.3, -0.25) is 5.32 Å². The van der Waals surface area contributed by atoms with Crippen LogP contribution in [0.1, 0.15) is 32.1 Å². The van der Waals surface area contributed by atoms with Gasteiger partial charge in [-0.25, -0.2) is 0 Å². The average molecular weight is 219 g/mol. The first kappa shape index (κ1) is 11.0. The van der Waals surface area contributed by atoms with E-state index in [1.54, 1.807) is 0 Å². The molecule has 0 aromatic rings. The average Bonchev–Trinajstić information content (AvgIpc) is 2.16. The highest BCUT2D eigenvalue weighted by Gasteiger charge is 2.45. The van der Waals surface area contributed by atoms with Gasteiger partial charge in [0.1, 0.15) is 6.04 Å². The highest BCUT2D eigenvalue weighted by molar-refractivity contribution is 5.13. The molecule has 3 unspecified atom stereocenters. The summed E-state index contributed by atoms with van der Waals surface area (Å²) in [6.07, 6.45) is -0.208. The van der Waals surface area contributed by atoms with E-state index in [4.69, 9.17) is 0 Å². The summed E-state index contributed by atoms with van der Waals surface area (Å²) < 4.78 is 37.6. The van der Waals surface area contributed by atoms with E-state index in [9.17, 15) is 13.2 Å². The van der Waals surface area contributed by atoms with Crippen molar-refractivity contribution in [3.05, 3.63) is 12.2 Å². The van der Waals surface area contributed by atoms with E-state index in [1.165, 1.54) is 0 Å². The van der Waals surface area contributed by atoms with Crippen LogP contribution in [0.15, 0.2) is 12.2 Å². The fraction of sp³-hybridized carbons (Fsp3) is 0.818. The number of nitrogens with one attached hydrogen (secondary N) is 1. The van der Waals surface area contributed by atoms with Crippen molar-refractivity contribution < 1.29 is 13.2 Å². The van der Waals surface area contributed by atoms with E-state index in [1.807, 2.05) is 0 Å². The molecule has 0 radical (unpaired) electrons. The van der Waals surface area contributed by atoms with Gasteiger partial charge in [0.15, 0.2) is 0 Å². The standard InChI is InChI=1S/C11H16F3N/c1-7-3-2-4-8-5-6-9(11(12,13)14)15-10(7)8/h8-10,15H,1-6H2. The predicted octanol–water partition coefficient (Wildman–Crippen LogP) is 3.03. The van der Waals surface area contributed by atoms with Crippen LogP contribution in [-0.2, 0) is 0 Å². The molecular weight excluding hydrogens is 203 g/mol. The molecule has 0 spiro atoms. The molecule has 15 heavy (non-hydrogen) atoms. The van der Waals surface area contributed by atoms with Gasteiger partial charge in [0, 0.05) is 6.04 Å². The molecule has 1 nitrogen and oxygen atoms in total. The Labute approximate surface area is 87.7 Å². The zero-order valence-corrected chi connectivity index (χ0v) is 8.61. The molecule has 0 bridgehead atoms. The summed E-state index contributed by atoms with van der Waals surface area (Å²) in [7, 11) is 0. The van der Waals surface area contributed by atoms with E-state index >= 15 is 0 Å². The molecule has 3 atom stereocenters. The molecule has 1 aliphatic heterocycles. The topological polar surface area (TPSA) is 12.0 Å². The van der Waals surface area contributed by atoms with Gasteiger partial charge in [-0.1, -0.05) is 12.2 Å². The maximum Gasteiger partial charge on any atom is 0.403 e. The van der Waals surface area contributed by atoms with Crippen LogP contribution in [0.4, 0.5) is 13.2 Å². The Kier molecular flexibility index (Phi) is 2.79. The van der Waals surface area contributed by atoms with Gasteiger partial charge in [0.2, 0.25) is 0 Å². The highest BCUT2D eigenvalue weighted by Crippen LogP contribution is 2.38. The molecule has 86 valence electrons. The van der Waals surface area contributed by atoms with Gasteiger partial charge in [-0.05, 0) is 38.0 Å². The fourth-order valence-electron chi connectivity index (χ4n) is 2.75. The molecule has 0 aromatic heterocycles. The van der Waals surface area contributed by atoms with Gasteiger partial charge in [-0.15, -0.1) is 0 Å². The smallest absolute Gasteiger partial charge is 0.299 e. The Balaban J connectivity index is 2.05. The normalized spacial score (nSPS) is 37.5. The molecule has 0 amide bonds. The molecule has 4 heteroatoms. The number of hydrogen-bond donors (Lipinski definition) is 1. The van der Waals surface area contributed by atoms with Gasteiger partial charge >= 0.3 is 6.18 Å². The minimum Gasteiger partial charge on any atom is -0.299 e. The van der Waals surface area contributed by atoms with Crippen molar-refractivity contribution in [1.82, 2.24) is 5.32 Å². The first-order valence-electron chi connectivity index (χ1n) is 5.49. The number of piperidine rings is 1. The molecule has 1 saturated carbocycles. The lowest BCUT2D eigenvalue weighted by molar-refractivity contribution is -0.165. The SMILES string of the molecule is C=C1CCCC2CCC(C(F)(F)F)NC12. The van der Waals surface area contributed by atoms with Gasteiger partial charge in [0.05, 0.1) is 0 Å². The van der Waals surface area contributed by atoms with Crippen LogP contribution < -0.4 is 5.32 Å². The van der Waals surface area contributed by atoms with Crippen LogP contribution >= 0.6 is 0 Å². The second-order valence-corrected chi connectivity index (χ2v) is 4.63. The van der Waals surface area contributed by atoms with Crippen molar-refractivity contribution >= 4 is 0 Å². The van der Waals surface area contributed by atoms with Crippen molar-refractivity contribution in [3.8, 4) is 0 Å². The predicted molar refractivity (Wildman–Crippen MR) is 52.5 cm³/mol. The Bertz CT molecular complexity index is 259. The molecule has 2 rings (SSSR count). The first-order chi connectivity index (χ1) is 6.98. The molecule has 1 saturated heterocycles. The lowest BCUT2D eigenvalue weighted by Crippen LogP contribution is -2.55. The Morgan fingerprint density at radius 3 is 2.60 bits per heavy atom. The van der Waals surface area contributed by atoms with Gasteiger partial charge in [-0.2, -0.15) is 13.2 Å². The quantitative estimate of drug-likeness (QED) is 0.617. The van der Waals surface area contributed by atoms with Crippen LogP contribution in [-0.4, -0.2) is 18.3 Å². The summed E-state index contributed by atoms with van der Waals surface area (Å²) in [6.45, 7) is 3.89. The van der Waals surface area contributed by atoms with Crippen LogP contribution in [0.2, 0.25) is 0 Å². The van der Waals surface area contributed by atoms with Crippen LogP contribution in [0.25, 0.3) is 0 Å². The van der Waals surface area contributed by atoms with Crippen molar-refractivity contribution in [1.29, 1.82) is 0 Å². The lowest BCUT2D eigenvalue weighted by Gasteiger charge is -2.42. The maximum absolute atomic E-state index is 12.5. The number of hydrogen-bond acceptors (Lipinski definition) is 1. The van der Waals surface area contributed by atoms with Crippen molar-refractivity contribution in [2.45, 2.75) is 50.4 Å². The number of halogens is 3. The van der Waals surface area contributed by atoms with Crippen molar-refractivity contribution in [2.24, 2.45) is 5.92 Å². The minimum absolute atomic E-state index is 0.0980. The second-order valence-electron chi connectivity index (χ2n) is 4.63. The lowest BCUT2D eigenvalue weighted by atomic mass is 9.75. The fourth-order valence-corrected chi connectivity index (χ4v) is 2.75. The largest absolute Gasteiger partial charge is 0.403 e. The molecule has 1 heterocycles. The molecule has 1 N–H and O–H groups in total. The van der Waals surface area contributed by atoms with Crippen LogP contribution in [0, 0.1) is 5.92 Å². The minimum atomic E-state index is -4.11. The number of fused-ring (bicyclic) bond motifs is 1. The maximum atomic E-state index is 12.5. The monoisotopic (exact) mass is 219 g/mol. The highest BCUT2D eigenvalue weighted by atomic mass is 19.4. The third-order valence-corrected chi connectivity index (χ3v) is 3.59. The second kappa shape index (κ2) is 3.81. The molecule has 2 aliphatic rings. The molecule has 1 aliphatic carbocycles. The van der Waals surface area contributed by atoms with Crippen LogP contribution in [0.5, 0.6) is 0 Å². The van der Waals surface area contributed by atoms with E-state index in [0.717, 1.165) is 24.8 Å². The summed E-state index contributed by atoms with van der Waals surface area (Å²) in [4.78, 5) is 0. The Hall–Kier alpha value is -0.510. The summed E-state index contributed by atoms with van der Waals surface area (Å²) >= 11 is 0. The summed E-state index contributed by atoms with van der Waals surface area (Å²) in [6, 6.07) is -1.42. The zero-order chi connectivity index (χ0) is 11.1. The first-order valence-corrected chi connectivity index (χ1v) is 5.49.